The monoisotopic (exact) mass is 453 g/mol. The minimum Gasteiger partial charge on any atom is -0.459 e. The normalized spacial score (nSPS) is 17.7. The number of carbonyl (C=O) groups excluding carboxylic acids is 2. The highest BCUT2D eigenvalue weighted by atomic mass is 35.5. The second-order valence-electron chi connectivity index (χ2n) is 6.47. The first-order valence-electron chi connectivity index (χ1n) is 9.30. The predicted octanol–water partition coefficient (Wildman–Crippen LogP) is 5.14. The van der Waals surface area contributed by atoms with Crippen LogP contribution in [0.25, 0.3) is 0 Å². The Kier molecular flexibility index (Phi) is 7.64. The smallest absolute Gasteiger partial charge is 0.286 e. The van der Waals surface area contributed by atoms with E-state index in [9.17, 15) is 9.59 Å². The topological polar surface area (TPSA) is 74.9 Å². The van der Waals surface area contributed by atoms with Gasteiger partial charge in [0.25, 0.3) is 5.91 Å². The Bertz CT molecular complexity index is 902. The number of nitrogens with one attached hydrogen (secondary N) is 1. The van der Waals surface area contributed by atoms with Crippen molar-refractivity contribution >= 4 is 57.6 Å². The van der Waals surface area contributed by atoms with E-state index in [4.69, 9.17) is 27.6 Å². The first-order valence-corrected chi connectivity index (χ1v) is 11.0. The van der Waals surface area contributed by atoms with Crippen molar-refractivity contribution in [1.82, 2.24) is 10.2 Å². The number of nitrogens with zero attached hydrogens (tertiary/aromatic N) is 2. The number of hydrogen-bond donors (Lipinski definition) is 1. The fourth-order valence-corrected chi connectivity index (χ4v) is 4.47. The summed E-state index contributed by atoms with van der Waals surface area (Å²) in [6.07, 6.45) is 3.14. The van der Waals surface area contributed by atoms with Gasteiger partial charge in [-0.1, -0.05) is 41.9 Å². The number of furan rings is 1. The molecule has 0 bridgehead atoms. The van der Waals surface area contributed by atoms with Crippen LogP contribution in [-0.4, -0.2) is 40.2 Å². The van der Waals surface area contributed by atoms with Gasteiger partial charge in [-0.2, -0.15) is 0 Å². The lowest BCUT2D eigenvalue weighted by Crippen LogP contribution is -2.39. The van der Waals surface area contributed by atoms with Gasteiger partial charge < -0.3 is 9.73 Å². The van der Waals surface area contributed by atoms with E-state index in [1.165, 1.54) is 6.26 Å². The van der Waals surface area contributed by atoms with Gasteiger partial charge in [0.2, 0.25) is 5.91 Å². The third-order valence-electron chi connectivity index (χ3n) is 4.44. The van der Waals surface area contributed by atoms with E-state index in [2.05, 4.69) is 17.2 Å². The molecule has 0 aliphatic carbocycles. The van der Waals surface area contributed by atoms with E-state index < -0.39 is 0 Å². The van der Waals surface area contributed by atoms with Gasteiger partial charge in [0, 0.05) is 24.8 Å². The van der Waals surface area contributed by atoms with Crippen LogP contribution in [-0.2, 0) is 4.79 Å². The Labute approximate surface area is 183 Å². The Morgan fingerprint density at radius 2 is 2.14 bits per heavy atom. The third-order valence-corrected chi connectivity index (χ3v) is 6.28. The van der Waals surface area contributed by atoms with E-state index in [1.807, 2.05) is 0 Å². The van der Waals surface area contributed by atoms with E-state index >= 15 is 0 Å². The van der Waals surface area contributed by atoms with Crippen molar-refractivity contribution in [3.8, 4) is 0 Å². The molecular weight excluding hydrogens is 433 g/mol. The molecule has 1 aromatic carbocycles. The molecule has 0 radical (unpaired) electrons. The van der Waals surface area contributed by atoms with Crippen molar-refractivity contribution in [3.63, 3.8) is 0 Å². The molecule has 1 aromatic heterocycles. The average molecular weight is 454 g/mol. The summed E-state index contributed by atoms with van der Waals surface area (Å²) in [4.78, 5) is 31.1. The second-order valence-corrected chi connectivity index (χ2v) is 8.27. The Balaban J connectivity index is 1.60. The molecule has 0 saturated carbocycles. The Hall–Kier alpha value is -1.96. The van der Waals surface area contributed by atoms with Crippen LogP contribution in [0.4, 0.5) is 5.69 Å². The van der Waals surface area contributed by atoms with Gasteiger partial charge in [0.05, 0.1) is 22.0 Å². The van der Waals surface area contributed by atoms with Crippen LogP contribution < -0.4 is 5.32 Å². The maximum absolute atomic E-state index is 12.9. The second kappa shape index (κ2) is 10.2. The molecule has 1 saturated heterocycles. The van der Waals surface area contributed by atoms with Gasteiger partial charge in [0.1, 0.15) is 0 Å². The predicted molar refractivity (Wildman–Crippen MR) is 117 cm³/mol. The summed E-state index contributed by atoms with van der Waals surface area (Å²) in [7, 11) is 0. The number of amides is 2. The zero-order valence-electron chi connectivity index (χ0n) is 15.9. The van der Waals surface area contributed by atoms with Crippen LogP contribution in [0.5, 0.6) is 0 Å². The number of rotatable bonds is 7. The third kappa shape index (κ3) is 5.56. The zero-order chi connectivity index (χ0) is 20.8. The van der Waals surface area contributed by atoms with Crippen LogP contribution in [0.3, 0.4) is 0 Å². The van der Waals surface area contributed by atoms with Crippen LogP contribution in [0, 0.1) is 0 Å². The molecule has 1 N–H and O–H groups in total. The maximum atomic E-state index is 12.9. The molecule has 0 spiro atoms. The number of hydrogen-bond acceptors (Lipinski definition) is 5. The molecular formula is C20H21Cl2N3O3S. The van der Waals surface area contributed by atoms with Crippen LogP contribution >= 0.6 is 35.0 Å². The first-order chi connectivity index (χ1) is 14.0. The molecule has 3 rings (SSSR count). The Morgan fingerprint density at radius 3 is 2.83 bits per heavy atom. The van der Waals surface area contributed by atoms with Gasteiger partial charge in [-0.3, -0.25) is 14.5 Å². The van der Waals surface area contributed by atoms with Gasteiger partial charge in [-0.05, 0) is 43.2 Å². The molecule has 1 fully saturated rings. The van der Waals surface area contributed by atoms with Crippen molar-refractivity contribution < 1.29 is 14.0 Å². The summed E-state index contributed by atoms with van der Waals surface area (Å²) in [6.45, 7) is 2.44. The quantitative estimate of drug-likeness (QED) is 0.588. The van der Waals surface area contributed by atoms with Crippen molar-refractivity contribution in [2.45, 2.75) is 32.2 Å². The van der Waals surface area contributed by atoms with Gasteiger partial charge in [-0.25, -0.2) is 4.99 Å². The first kappa shape index (κ1) is 21.7. The summed E-state index contributed by atoms with van der Waals surface area (Å²) < 4.78 is 5.05. The van der Waals surface area contributed by atoms with Crippen LogP contribution in [0.15, 0.2) is 46.0 Å². The fourth-order valence-electron chi connectivity index (χ4n) is 2.89. The van der Waals surface area contributed by atoms with Gasteiger partial charge in [-0.15, -0.1) is 0 Å². The molecule has 1 aliphatic rings. The molecule has 29 heavy (non-hydrogen) atoms. The largest absolute Gasteiger partial charge is 0.459 e. The Morgan fingerprint density at radius 1 is 1.31 bits per heavy atom. The average Bonchev–Trinajstić information content (AvgIpc) is 3.37. The van der Waals surface area contributed by atoms with Crippen molar-refractivity contribution in [3.05, 3.63) is 52.4 Å². The summed E-state index contributed by atoms with van der Waals surface area (Å²) >= 11 is 13.6. The maximum Gasteiger partial charge on any atom is 0.286 e. The number of halogens is 2. The number of amidine groups is 1. The number of carbonyl (C=O) groups is 2. The van der Waals surface area contributed by atoms with Crippen molar-refractivity contribution in [2.75, 3.05) is 12.3 Å². The number of aliphatic imine (C=N–C) groups is 1. The van der Waals surface area contributed by atoms with E-state index in [0.29, 0.717) is 40.3 Å². The molecule has 6 nitrogen and oxygen atoms in total. The lowest BCUT2D eigenvalue weighted by Gasteiger charge is -2.23. The van der Waals surface area contributed by atoms with E-state index in [1.54, 1.807) is 47.0 Å². The molecule has 154 valence electrons. The summed E-state index contributed by atoms with van der Waals surface area (Å²) in [5, 5.41) is 4.31. The number of thioether (sulfide) groups is 1. The zero-order valence-corrected chi connectivity index (χ0v) is 18.2. The minimum absolute atomic E-state index is 0.00657. The molecule has 9 heteroatoms. The highest BCUT2D eigenvalue weighted by molar-refractivity contribution is 8.14. The highest BCUT2D eigenvalue weighted by Crippen LogP contribution is 2.32. The summed E-state index contributed by atoms with van der Waals surface area (Å²) in [5.74, 6) is 0.771. The highest BCUT2D eigenvalue weighted by Gasteiger charge is 2.33. The summed E-state index contributed by atoms with van der Waals surface area (Å²) in [6, 6.07) is 8.50. The van der Waals surface area contributed by atoms with Gasteiger partial charge in [0.15, 0.2) is 10.9 Å². The van der Waals surface area contributed by atoms with Crippen LogP contribution in [0.1, 0.15) is 36.7 Å². The standard InChI is InChI=1S/C20H21Cl2N3O3S/c1-2-14-12-29-20(24-13-7-8-15(21)16(22)11-13)25(14)18(26)6-3-9-23-19(27)17-5-4-10-28-17/h4-5,7-8,10-11,14H,2-3,6,9,12H2,1H3,(H,23,27). The molecule has 2 amide bonds. The molecule has 2 aromatic rings. The SMILES string of the molecule is CCC1CSC(=Nc2ccc(Cl)c(Cl)c2)N1C(=O)CCCNC(=O)c1ccco1. The lowest BCUT2D eigenvalue weighted by atomic mass is 10.2. The molecule has 1 atom stereocenters. The van der Waals surface area contributed by atoms with Gasteiger partial charge >= 0.3 is 0 Å². The fraction of sp³-hybridized carbons (Fsp3) is 0.350. The van der Waals surface area contributed by atoms with Crippen LogP contribution in [0.2, 0.25) is 10.0 Å². The summed E-state index contributed by atoms with van der Waals surface area (Å²) in [5.41, 5.74) is 0.655. The number of benzene rings is 1. The van der Waals surface area contributed by atoms with E-state index in [-0.39, 0.29) is 23.6 Å². The minimum atomic E-state index is -0.285. The van der Waals surface area contributed by atoms with Crippen molar-refractivity contribution in [2.24, 2.45) is 4.99 Å². The molecule has 1 unspecified atom stereocenters. The molecule has 1 aliphatic heterocycles. The van der Waals surface area contributed by atoms with Crippen molar-refractivity contribution in [1.29, 1.82) is 0 Å². The molecule has 2 heterocycles. The lowest BCUT2D eigenvalue weighted by molar-refractivity contribution is -0.128. The van der Waals surface area contributed by atoms with E-state index in [0.717, 1.165) is 12.2 Å².